The molecule has 82 valence electrons. The van der Waals surface area contributed by atoms with Gasteiger partial charge in [0.1, 0.15) is 5.75 Å². The van der Waals surface area contributed by atoms with Crippen molar-refractivity contribution >= 4 is 15.9 Å². The van der Waals surface area contributed by atoms with Gasteiger partial charge in [-0.25, -0.2) is 4.98 Å². The third-order valence-electron chi connectivity index (χ3n) is 1.99. The van der Waals surface area contributed by atoms with Crippen LogP contribution in [0.4, 0.5) is 0 Å². The molecule has 3 nitrogen and oxygen atoms in total. The van der Waals surface area contributed by atoms with Gasteiger partial charge in [0.25, 0.3) is 0 Å². The van der Waals surface area contributed by atoms with Gasteiger partial charge in [0.05, 0.1) is 16.8 Å². The quantitative estimate of drug-likeness (QED) is 0.939. The zero-order valence-electron chi connectivity index (χ0n) is 8.43. The second kappa shape index (κ2) is 5.09. The number of rotatable bonds is 3. The van der Waals surface area contributed by atoms with E-state index in [0.717, 1.165) is 4.47 Å². The Morgan fingerprint density at radius 3 is 2.69 bits per heavy atom. The molecule has 0 aliphatic rings. The number of para-hydroxylation sites is 1. The van der Waals surface area contributed by atoms with Crippen LogP contribution < -0.4 is 4.74 Å². The van der Waals surface area contributed by atoms with Crippen molar-refractivity contribution in [1.29, 1.82) is 0 Å². The van der Waals surface area contributed by atoms with Crippen molar-refractivity contribution in [1.82, 2.24) is 4.98 Å². The molecule has 2 aromatic rings. The summed E-state index contributed by atoms with van der Waals surface area (Å²) >= 11 is 3.39. The van der Waals surface area contributed by atoms with E-state index >= 15 is 0 Å². The fourth-order valence-corrected chi connectivity index (χ4v) is 1.61. The molecule has 2 rings (SSSR count). The van der Waals surface area contributed by atoms with Crippen molar-refractivity contribution in [2.75, 3.05) is 0 Å². The summed E-state index contributed by atoms with van der Waals surface area (Å²) in [6.07, 6.45) is 0. The van der Waals surface area contributed by atoms with Crippen LogP contribution in [0.2, 0.25) is 0 Å². The molecule has 0 saturated heterocycles. The van der Waals surface area contributed by atoms with Gasteiger partial charge in [0, 0.05) is 6.07 Å². The van der Waals surface area contributed by atoms with Crippen LogP contribution in [0.3, 0.4) is 0 Å². The lowest BCUT2D eigenvalue weighted by Gasteiger charge is -2.06. The van der Waals surface area contributed by atoms with E-state index in [2.05, 4.69) is 20.9 Å². The second-order valence-corrected chi connectivity index (χ2v) is 4.01. The van der Waals surface area contributed by atoms with E-state index in [1.165, 1.54) is 0 Å². The summed E-state index contributed by atoms with van der Waals surface area (Å²) in [7, 11) is 0. The summed E-state index contributed by atoms with van der Waals surface area (Å²) in [5, 5.41) is 8.96. The molecule has 0 aliphatic carbocycles. The SMILES string of the molecule is OCc1cccc(Oc2ccccc2Br)n1. The first-order valence-electron chi connectivity index (χ1n) is 4.79. The molecule has 4 heteroatoms. The van der Waals surface area contributed by atoms with Crippen LogP contribution in [0.15, 0.2) is 46.9 Å². The van der Waals surface area contributed by atoms with Crippen molar-refractivity contribution in [3.63, 3.8) is 0 Å². The molecule has 0 saturated carbocycles. The van der Waals surface area contributed by atoms with Crippen molar-refractivity contribution in [2.24, 2.45) is 0 Å². The highest BCUT2D eigenvalue weighted by molar-refractivity contribution is 9.10. The number of aliphatic hydroxyl groups is 1. The van der Waals surface area contributed by atoms with E-state index in [0.29, 0.717) is 17.3 Å². The number of aliphatic hydroxyl groups excluding tert-OH is 1. The fraction of sp³-hybridized carbons (Fsp3) is 0.0833. The maximum absolute atomic E-state index is 8.96. The van der Waals surface area contributed by atoms with Crippen LogP contribution in [-0.4, -0.2) is 10.1 Å². The second-order valence-electron chi connectivity index (χ2n) is 3.16. The summed E-state index contributed by atoms with van der Waals surface area (Å²) in [4.78, 5) is 4.13. The minimum atomic E-state index is -0.0901. The van der Waals surface area contributed by atoms with Crippen LogP contribution in [0.25, 0.3) is 0 Å². The molecule has 16 heavy (non-hydrogen) atoms. The molecule has 0 atom stereocenters. The number of halogens is 1. The largest absolute Gasteiger partial charge is 0.438 e. The number of hydrogen-bond acceptors (Lipinski definition) is 3. The fourth-order valence-electron chi connectivity index (χ4n) is 1.24. The molecule has 0 bridgehead atoms. The van der Waals surface area contributed by atoms with Gasteiger partial charge in [-0.1, -0.05) is 18.2 Å². The minimum Gasteiger partial charge on any atom is -0.438 e. The standard InChI is InChI=1S/C12H10BrNO2/c13-10-5-1-2-6-11(10)16-12-7-3-4-9(8-15)14-12/h1-7,15H,8H2. The van der Waals surface area contributed by atoms with Gasteiger partial charge in [-0.3, -0.25) is 0 Å². The molecule has 0 unspecified atom stereocenters. The summed E-state index contributed by atoms with van der Waals surface area (Å²) < 4.78 is 6.45. The lowest BCUT2D eigenvalue weighted by Crippen LogP contribution is -1.93. The van der Waals surface area contributed by atoms with Crippen LogP contribution in [-0.2, 0) is 6.61 Å². The van der Waals surface area contributed by atoms with Crippen molar-refractivity contribution < 1.29 is 9.84 Å². The number of ether oxygens (including phenoxy) is 1. The molecule has 0 spiro atoms. The highest BCUT2D eigenvalue weighted by Gasteiger charge is 2.03. The molecule has 1 aromatic carbocycles. The van der Waals surface area contributed by atoms with E-state index in [1.54, 1.807) is 18.2 Å². The van der Waals surface area contributed by atoms with E-state index in [4.69, 9.17) is 9.84 Å². The van der Waals surface area contributed by atoms with Gasteiger partial charge in [-0.2, -0.15) is 0 Å². The van der Waals surface area contributed by atoms with Crippen LogP contribution in [0.1, 0.15) is 5.69 Å². The molecule has 0 amide bonds. The Bertz CT molecular complexity index is 488. The Kier molecular flexibility index (Phi) is 3.54. The predicted octanol–water partition coefficient (Wildman–Crippen LogP) is 3.13. The van der Waals surface area contributed by atoms with Crippen LogP contribution in [0, 0.1) is 0 Å². The number of nitrogens with zero attached hydrogens (tertiary/aromatic N) is 1. The number of aromatic nitrogens is 1. The Labute approximate surface area is 102 Å². The van der Waals surface area contributed by atoms with E-state index < -0.39 is 0 Å². The third kappa shape index (κ3) is 2.59. The maximum Gasteiger partial charge on any atom is 0.219 e. The average molecular weight is 280 g/mol. The van der Waals surface area contributed by atoms with Gasteiger partial charge in [0.2, 0.25) is 5.88 Å². The topological polar surface area (TPSA) is 42.4 Å². The van der Waals surface area contributed by atoms with Crippen LogP contribution in [0.5, 0.6) is 11.6 Å². The minimum absolute atomic E-state index is 0.0901. The molecule has 0 fully saturated rings. The Morgan fingerprint density at radius 1 is 1.12 bits per heavy atom. The van der Waals surface area contributed by atoms with Crippen molar-refractivity contribution in [2.45, 2.75) is 6.61 Å². The first kappa shape index (κ1) is 11.1. The van der Waals surface area contributed by atoms with E-state index in [9.17, 15) is 0 Å². The number of pyridine rings is 1. The van der Waals surface area contributed by atoms with Gasteiger partial charge < -0.3 is 9.84 Å². The highest BCUT2D eigenvalue weighted by Crippen LogP contribution is 2.28. The monoisotopic (exact) mass is 279 g/mol. The molecular formula is C12H10BrNO2. The number of benzene rings is 1. The zero-order chi connectivity index (χ0) is 11.4. The van der Waals surface area contributed by atoms with Gasteiger partial charge in [-0.15, -0.1) is 0 Å². The Morgan fingerprint density at radius 2 is 1.94 bits per heavy atom. The van der Waals surface area contributed by atoms with Crippen molar-refractivity contribution in [3.8, 4) is 11.6 Å². The average Bonchev–Trinajstić information content (AvgIpc) is 2.32. The van der Waals surface area contributed by atoms with E-state index in [1.807, 2.05) is 24.3 Å². The van der Waals surface area contributed by atoms with Crippen LogP contribution >= 0.6 is 15.9 Å². The zero-order valence-corrected chi connectivity index (χ0v) is 10.0. The maximum atomic E-state index is 8.96. The summed E-state index contributed by atoms with van der Waals surface area (Å²) in [6, 6.07) is 12.8. The summed E-state index contributed by atoms with van der Waals surface area (Å²) in [5.74, 6) is 1.17. The first-order chi connectivity index (χ1) is 7.79. The van der Waals surface area contributed by atoms with E-state index in [-0.39, 0.29) is 6.61 Å². The molecular weight excluding hydrogens is 270 g/mol. The smallest absolute Gasteiger partial charge is 0.219 e. The summed E-state index contributed by atoms with van der Waals surface area (Å²) in [5.41, 5.74) is 0.588. The molecule has 1 N–H and O–H groups in total. The summed E-state index contributed by atoms with van der Waals surface area (Å²) in [6.45, 7) is -0.0901. The Balaban J connectivity index is 2.24. The molecule has 1 aromatic heterocycles. The lowest BCUT2D eigenvalue weighted by atomic mass is 10.3. The molecule has 1 heterocycles. The van der Waals surface area contributed by atoms with Gasteiger partial charge in [-0.05, 0) is 34.1 Å². The lowest BCUT2D eigenvalue weighted by molar-refractivity contribution is 0.275. The molecule has 0 radical (unpaired) electrons. The van der Waals surface area contributed by atoms with Gasteiger partial charge >= 0.3 is 0 Å². The van der Waals surface area contributed by atoms with Crippen molar-refractivity contribution in [3.05, 3.63) is 52.6 Å². The first-order valence-corrected chi connectivity index (χ1v) is 5.58. The highest BCUT2D eigenvalue weighted by atomic mass is 79.9. The third-order valence-corrected chi connectivity index (χ3v) is 2.65. The van der Waals surface area contributed by atoms with Gasteiger partial charge in [0.15, 0.2) is 0 Å². The predicted molar refractivity (Wildman–Crippen MR) is 64.4 cm³/mol. The normalized spacial score (nSPS) is 10.1. The Hall–Kier alpha value is -1.39. The number of hydrogen-bond donors (Lipinski definition) is 1. The molecule has 0 aliphatic heterocycles.